The Balaban J connectivity index is 1.30. The summed E-state index contributed by atoms with van der Waals surface area (Å²) in [6, 6.07) is 32.3. The quantitative estimate of drug-likeness (QED) is 0.0743. The van der Waals surface area contributed by atoms with Gasteiger partial charge in [0, 0.05) is 17.5 Å². The molecule has 0 saturated carbocycles. The first-order chi connectivity index (χ1) is 25.8. The first-order valence-corrected chi connectivity index (χ1v) is 16.3. The molecule has 1 saturated heterocycles. The summed E-state index contributed by atoms with van der Waals surface area (Å²) in [5.41, 5.74) is 0.443. The van der Waals surface area contributed by atoms with Gasteiger partial charge in [0.05, 0.1) is 17.2 Å². The van der Waals surface area contributed by atoms with Crippen LogP contribution in [-0.2, 0) is 14.2 Å². The van der Waals surface area contributed by atoms with Gasteiger partial charge in [-0.3, -0.25) is 14.2 Å². The minimum absolute atomic E-state index is 0.0517. The van der Waals surface area contributed by atoms with Crippen LogP contribution in [0.25, 0.3) is 11.2 Å². The maximum Gasteiger partial charge on any atom is 0.473 e. The van der Waals surface area contributed by atoms with E-state index in [9.17, 15) is 29.3 Å². The smallest absolute Gasteiger partial charge is 0.459 e. The molecule has 0 N–H and O–H groups in total. The topological polar surface area (TPSA) is 186 Å². The van der Waals surface area contributed by atoms with E-state index in [0.29, 0.717) is 10.5 Å². The minimum Gasteiger partial charge on any atom is -0.459 e. The molecule has 15 nitrogen and oxygen atoms in total. The number of nitro groups is 1. The molecule has 264 valence electrons. The van der Waals surface area contributed by atoms with Gasteiger partial charge in [0.2, 0.25) is 5.65 Å². The number of anilines is 1. The zero-order chi connectivity index (χ0) is 36.9. The largest absolute Gasteiger partial charge is 0.473 e. The number of ether oxygens (including phenoxy) is 3. The van der Waals surface area contributed by atoms with E-state index in [-0.39, 0.29) is 40.9 Å². The van der Waals surface area contributed by atoms with Crippen molar-refractivity contribution >= 4 is 46.7 Å². The van der Waals surface area contributed by atoms with E-state index < -0.39 is 58.9 Å². The zero-order valence-corrected chi connectivity index (χ0v) is 27.6. The van der Waals surface area contributed by atoms with E-state index in [1.54, 1.807) is 97.1 Å². The number of carbonyl (C=O) groups excluding carboxylic acids is 4. The highest BCUT2D eigenvalue weighted by Gasteiger charge is 2.43. The Morgan fingerprint density at radius 3 is 1.79 bits per heavy atom. The van der Waals surface area contributed by atoms with Crippen LogP contribution in [0.1, 0.15) is 54.1 Å². The number of hydrogen-bond acceptors (Lipinski definition) is 12. The first kappa shape index (κ1) is 34.3. The summed E-state index contributed by atoms with van der Waals surface area (Å²) in [7, 11) is 0. The standard InChI is InChI=1S/C38H28N6O9/c45-33(24-13-5-1-6-14-24)43(34(46)25-15-7-2-8-16-25)32-30-31(40-38(41-32)44(49)50)42(23-39-30)35-29(53-37(48)27-19-11-4-12-20-27)21-28(52-35)22-51-36(47)26-17-9-3-10-18-26/h1-20,23,28-29,35H,21-22H2/t28-,29-,35+/m0/s1. The first-order valence-electron chi connectivity index (χ1n) is 16.3. The molecule has 6 aromatic rings. The van der Waals surface area contributed by atoms with Crippen LogP contribution in [0.3, 0.4) is 0 Å². The average molecular weight is 713 g/mol. The van der Waals surface area contributed by atoms with Crippen molar-refractivity contribution in [2.45, 2.75) is 24.9 Å². The van der Waals surface area contributed by atoms with Crippen molar-refractivity contribution < 1.29 is 38.3 Å². The number of esters is 2. The van der Waals surface area contributed by atoms with Crippen LogP contribution in [0.4, 0.5) is 11.8 Å². The number of aromatic nitrogens is 4. The summed E-state index contributed by atoms with van der Waals surface area (Å²) in [5.74, 6) is -4.31. The van der Waals surface area contributed by atoms with Gasteiger partial charge >= 0.3 is 17.9 Å². The molecule has 15 heteroatoms. The zero-order valence-electron chi connectivity index (χ0n) is 27.6. The summed E-state index contributed by atoms with van der Waals surface area (Å²) in [4.78, 5) is 78.8. The van der Waals surface area contributed by atoms with Gasteiger partial charge in [-0.2, -0.15) is 0 Å². The number of fused-ring (bicyclic) bond motifs is 1. The maximum absolute atomic E-state index is 14.0. The molecule has 7 rings (SSSR count). The van der Waals surface area contributed by atoms with Gasteiger partial charge in [-0.25, -0.2) is 19.5 Å². The summed E-state index contributed by atoms with van der Waals surface area (Å²) < 4.78 is 19.0. The number of hydrogen-bond donors (Lipinski definition) is 0. The lowest BCUT2D eigenvalue weighted by molar-refractivity contribution is -0.394. The monoisotopic (exact) mass is 712 g/mol. The van der Waals surface area contributed by atoms with Crippen LogP contribution in [0.15, 0.2) is 128 Å². The molecule has 0 aliphatic carbocycles. The summed E-state index contributed by atoms with van der Waals surface area (Å²) in [6.07, 6.45) is -1.75. The number of rotatable bonds is 10. The molecule has 3 heterocycles. The lowest BCUT2D eigenvalue weighted by Crippen LogP contribution is -2.38. The van der Waals surface area contributed by atoms with E-state index in [1.807, 2.05) is 0 Å². The molecule has 2 amide bonds. The predicted molar refractivity (Wildman–Crippen MR) is 187 cm³/mol. The Kier molecular flexibility index (Phi) is 9.72. The van der Waals surface area contributed by atoms with Gasteiger partial charge in [-0.15, -0.1) is 0 Å². The van der Waals surface area contributed by atoms with E-state index >= 15 is 0 Å². The number of nitrogens with zero attached hydrogens (tertiary/aromatic N) is 6. The van der Waals surface area contributed by atoms with E-state index in [1.165, 1.54) is 35.2 Å². The molecule has 0 radical (unpaired) electrons. The number of imidazole rings is 1. The molecule has 4 aromatic carbocycles. The molecular formula is C38H28N6O9. The third-order valence-electron chi connectivity index (χ3n) is 8.31. The van der Waals surface area contributed by atoms with Crippen LogP contribution in [0.2, 0.25) is 0 Å². The Hall–Kier alpha value is -7.13. The average Bonchev–Trinajstić information content (AvgIpc) is 3.81. The minimum atomic E-state index is -1.20. The number of amides is 2. The Labute approximate surface area is 300 Å². The van der Waals surface area contributed by atoms with Crippen LogP contribution >= 0.6 is 0 Å². The maximum atomic E-state index is 14.0. The fraction of sp³-hybridized carbons (Fsp3) is 0.132. The van der Waals surface area contributed by atoms with Crippen molar-refractivity contribution in [3.63, 3.8) is 0 Å². The van der Waals surface area contributed by atoms with Crippen molar-refractivity contribution in [1.29, 1.82) is 0 Å². The lowest BCUT2D eigenvalue weighted by Gasteiger charge is -2.20. The van der Waals surface area contributed by atoms with Crippen LogP contribution in [0.5, 0.6) is 0 Å². The second-order valence-corrected chi connectivity index (χ2v) is 11.8. The fourth-order valence-corrected chi connectivity index (χ4v) is 5.80. The number of imide groups is 1. The van der Waals surface area contributed by atoms with Crippen molar-refractivity contribution in [2.24, 2.45) is 0 Å². The highest BCUT2D eigenvalue weighted by Crippen LogP contribution is 2.36. The second kappa shape index (κ2) is 15.0. The van der Waals surface area contributed by atoms with Gasteiger partial charge in [0.1, 0.15) is 19.0 Å². The third-order valence-corrected chi connectivity index (χ3v) is 8.31. The normalized spacial score (nSPS) is 16.5. The van der Waals surface area contributed by atoms with Crippen molar-refractivity contribution in [2.75, 3.05) is 11.5 Å². The van der Waals surface area contributed by atoms with Gasteiger partial charge in [-0.1, -0.05) is 72.8 Å². The Morgan fingerprint density at radius 1 is 0.755 bits per heavy atom. The van der Waals surface area contributed by atoms with Crippen molar-refractivity contribution in [3.05, 3.63) is 160 Å². The molecule has 1 aliphatic heterocycles. The molecule has 3 atom stereocenters. The molecule has 1 fully saturated rings. The SMILES string of the molecule is O=C(OC[C@@H]1C[C@H](OC(=O)c2ccccc2)[C@H](n2cnc3c(N(C(=O)c4ccccc4)C(=O)c4ccccc4)nc([N+](=O)[O-])nc32)O1)c1ccccc1. The molecule has 0 spiro atoms. The van der Waals surface area contributed by atoms with E-state index in [2.05, 4.69) is 15.0 Å². The highest BCUT2D eigenvalue weighted by atomic mass is 16.6. The van der Waals surface area contributed by atoms with Crippen molar-refractivity contribution in [1.82, 2.24) is 19.5 Å². The molecular weight excluding hydrogens is 684 g/mol. The Bertz CT molecular complexity index is 2250. The van der Waals surface area contributed by atoms with Crippen LogP contribution < -0.4 is 4.90 Å². The Morgan fingerprint density at radius 2 is 1.26 bits per heavy atom. The number of benzene rings is 4. The second-order valence-electron chi connectivity index (χ2n) is 11.8. The summed E-state index contributed by atoms with van der Waals surface area (Å²) >= 11 is 0. The molecule has 2 aromatic heterocycles. The fourth-order valence-electron chi connectivity index (χ4n) is 5.80. The molecule has 1 aliphatic rings. The van der Waals surface area contributed by atoms with Crippen molar-refractivity contribution in [3.8, 4) is 0 Å². The molecule has 0 unspecified atom stereocenters. The lowest BCUT2D eigenvalue weighted by atomic mass is 10.1. The number of carbonyl (C=O) groups is 4. The third kappa shape index (κ3) is 7.22. The van der Waals surface area contributed by atoms with Gasteiger partial charge in [0.25, 0.3) is 17.6 Å². The van der Waals surface area contributed by atoms with Crippen LogP contribution in [0, 0.1) is 10.1 Å². The highest BCUT2D eigenvalue weighted by molar-refractivity contribution is 6.27. The summed E-state index contributed by atoms with van der Waals surface area (Å²) in [5, 5.41) is 12.3. The van der Waals surface area contributed by atoms with Crippen LogP contribution in [-0.4, -0.2) is 67.0 Å². The van der Waals surface area contributed by atoms with Gasteiger partial charge in [-0.05, 0) is 63.4 Å². The summed E-state index contributed by atoms with van der Waals surface area (Å²) in [6.45, 7) is -0.221. The van der Waals surface area contributed by atoms with Gasteiger partial charge in [0.15, 0.2) is 11.7 Å². The predicted octanol–water partition coefficient (Wildman–Crippen LogP) is 5.59. The van der Waals surface area contributed by atoms with E-state index in [4.69, 9.17) is 14.2 Å². The van der Waals surface area contributed by atoms with E-state index in [0.717, 1.165) is 0 Å². The molecule has 0 bridgehead atoms. The van der Waals surface area contributed by atoms with Gasteiger partial charge < -0.3 is 24.3 Å². The molecule has 53 heavy (non-hydrogen) atoms.